The summed E-state index contributed by atoms with van der Waals surface area (Å²) in [6.07, 6.45) is 0.399. The number of aliphatic hydroxyl groups is 1. The zero-order valence-electron chi connectivity index (χ0n) is 10.6. The molecule has 4 atom stereocenters. The number of rotatable bonds is 3. The van der Waals surface area contributed by atoms with Crippen molar-refractivity contribution in [2.45, 2.75) is 32.0 Å². The molecule has 0 aliphatic carbocycles. The molecule has 1 aliphatic heterocycles. The lowest BCUT2D eigenvalue weighted by atomic mass is 9.92. The molecule has 4 unspecified atom stereocenters. The summed E-state index contributed by atoms with van der Waals surface area (Å²) in [4.78, 5) is 3.92. The highest BCUT2D eigenvalue weighted by molar-refractivity contribution is 5.09. The molecule has 1 aromatic rings. The third-order valence-corrected chi connectivity index (χ3v) is 3.35. The summed E-state index contributed by atoms with van der Waals surface area (Å²) >= 11 is 0. The van der Waals surface area contributed by atoms with Crippen molar-refractivity contribution < 1.29 is 14.2 Å². The lowest BCUT2D eigenvalue weighted by Crippen LogP contribution is -2.51. The maximum absolute atomic E-state index is 12.8. The van der Waals surface area contributed by atoms with E-state index in [0.29, 0.717) is 18.9 Å². The SMILES string of the molecule is CC1COCC(C(C)C(O)c2ccc(F)cn2)N1. The van der Waals surface area contributed by atoms with Crippen molar-refractivity contribution in [3.8, 4) is 0 Å². The Morgan fingerprint density at radius 1 is 1.50 bits per heavy atom. The average Bonchev–Trinajstić information content (AvgIpc) is 2.38. The maximum atomic E-state index is 12.8. The first-order valence-corrected chi connectivity index (χ1v) is 6.21. The predicted octanol–water partition coefficient (Wildman–Crippen LogP) is 1.27. The van der Waals surface area contributed by atoms with E-state index in [1.807, 2.05) is 13.8 Å². The van der Waals surface area contributed by atoms with Gasteiger partial charge in [0.15, 0.2) is 0 Å². The van der Waals surface area contributed by atoms with E-state index < -0.39 is 11.9 Å². The number of hydrogen-bond donors (Lipinski definition) is 2. The van der Waals surface area contributed by atoms with E-state index in [-0.39, 0.29) is 18.0 Å². The van der Waals surface area contributed by atoms with Crippen LogP contribution in [-0.4, -0.2) is 35.4 Å². The molecule has 0 saturated carbocycles. The van der Waals surface area contributed by atoms with E-state index in [9.17, 15) is 9.50 Å². The van der Waals surface area contributed by atoms with Gasteiger partial charge < -0.3 is 15.2 Å². The number of aliphatic hydroxyl groups excluding tert-OH is 1. The van der Waals surface area contributed by atoms with Crippen LogP contribution in [0.25, 0.3) is 0 Å². The molecule has 2 rings (SSSR count). The number of halogens is 1. The minimum absolute atomic E-state index is 0.0503. The number of pyridine rings is 1. The second-order valence-corrected chi connectivity index (χ2v) is 4.92. The van der Waals surface area contributed by atoms with E-state index >= 15 is 0 Å². The highest BCUT2D eigenvalue weighted by atomic mass is 19.1. The number of aromatic nitrogens is 1. The molecule has 4 nitrogen and oxygen atoms in total. The highest BCUT2D eigenvalue weighted by Crippen LogP contribution is 2.24. The molecule has 2 N–H and O–H groups in total. The Labute approximate surface area is 106 Å². The van der Waals surface area contributed by atoms with Gasteiger partial charge in [-0.05, 0) is 19.1 Å². The van der Waals surface area contributed by atoms with E-state index in [1.54, 1.807) is 0 Å². The van der Waals surface area contributed by atoms with Gasteiger partial charge in [-0.25, -0.2) is 4.39 Å². The summed E-state index contributed by atoms with van der Waals surface area (Å²) in [5, 5.41) is 13.6. The van der Waals surface area contributed by atoms with Gasteiger partial charge in [0.1, 0.15) is 11.9 Å². The molecule has 0 aromatic carbocycles. The standard InChI is InChI=1S/C13H19FN2O2/c1-8-6-18-7-12(16-8)9(2)13(17)11-4-3-10(14)5-15-11/h3-5,8-9,12-13,16-17H,6-7H2,1-2H3. The number of hydrogen-bond acceptors (Lipinski definition) is 4. The van der Waals surface area contributed by atoms with Gasteiger partial charge in [-0.1, -0.05) is 6.92 Å². The van der Waals surface area contributed by atoms with Crippen LogP contribution in [0.15, 0.2) is 18.3 Å². The number of morpholine rings is 1. The Balaban J connectivity index is 2.03. The molecule has 18 heavy (non-hydrogen) atoms. The summed E-state index contributed by atoms with van der Waals surface area (Å²) in [5.41, 5.74) is 0.490. The smallest absolute Gasteiger partial charge is 0.141 e. The summed E-state index contributed by atoms with van der Waals surface area (Å²) in [7, 11) is 0. The molecule has 0 spiro atoms. The van der Waals surface area contributed by atoms with Crippen molar-refractivity contribution in [3.05, 3.63) is 29.8 Å². The summed E-state index contributed by atoms with van der Waals surface area (Å²) in [6, 6.07) is 3.19. The third-order valence-electron chi connectivity index (χ3n) is 3.35. The van der Waals surface area contributed by atoms with Crippen LogP contribution < -0.4 is 5.32 Å². The van der Waals surface area contributed by atoms with Crippen LogP contribution in [0.3, 0.4) is 0 Å². The van der Waals surface area contributed by atoms with E-state index in [2.05, 4.69) is 10.3 Å². The lowest BCUT2D eigenvalue weighted by molar-refractivity contribution is 0.000637. The fraction of sp³-hybridized carbons (Fsp3) is 0.615. The van der Waals surface area contributed by atoms with Gasteiger partial charge in [-0.2, -0.15) is 0 Å². The highest BCUT2D eigenvalue weighted by Gasteiger charge is 2.29. The van der Waals surface area contributed by atoms with Crippen LogP contribution in [0.2, 0.25) is 0 Å². The van der Waals surface area contributed by atoms with Crippen molar-refractivity contribution >= 4 is 0 Å². The van der Waals surface area contributed by atoms with Gasteiger partial charge in [0.25, 0.3) is 0 Å². The third kappa shape index (κ3) is 3.04. The number of nitrogens with zero attached hydrogens (tertiary/aromatic N) is 1. The van der Waals surface area contributed by atoms with Crippen LogP contribution in [0.5, 0.6) is 0 Å². The van der Waals surface area contributed by atoms with Crippen molar-refractivity contribution in [1.82, 2.24) is 10.3 Å². The molecule has 100 valence electrons. The van der Waals surface area contributed by atoms with Crippen LogP contribution >= 0.6 is 0 Å². The number of ether oxygens (including phenoxy) is 1. The van der Waals surface area contributed by atoms with Crippen molar-refractivity contribution in [2.75, 3.05) is 13.2 Å². The lowest BCUT2D eigenvalue weighted by Gasteiger charge is -2.34. The minimum atomic E-state index is -0.725. The Morgan fingerprint density at radius 3 is 2.89 bits per heavy atom. The molecule has 1 aliphatic rings. The molecule has 5 heteroatoms. The number of nitrogens with one attached hydrogen (secondary N) is 1. The maximum Gasteiger partial charge on any atom is 0.141 e. The first kappa shape index (κ1) is 13.4. The molecule has 0 radical (unpaired) electrons. The monoisotopic (exact) mass is 254 g/mol. The molecular formula is C13H19FN2O2. The second-order valence-electron chi connectivity index (χ2n) is 4.92. The normalized spacial score (nSPS) is 27.8. The summed E-state index contributed by atoms with van der Waals surface area (Å²) in [6.45, 7) is 5.24. The predicted molar refractivity (Wildman–Crippen MR) is 65.5 cm³/mol. The zero-order chi connectivity index (χ0) is 13.1. The molecule has 0 amide bonds. The minimum Gasteiger partial charge on any atom is -0.386 e. The summed E-state index contributed by atoms with van der Waals surface area (Å²) < 4.78 is 18.2. The second kappa shape index (κ2) is 5.73. The Morgan fingerprint density at radius 2 is 2.28 bits per heavy atom. The Hall–Kier alpha value is -1.04. The Kier molecular flexibility index (Phi) is 4.27. The topological polar surface area (TPSA) is 54.4 Å². The molecule has 0 bridgehead atoms. The van der Waals surface area contributed by atoms with Crippen LogP contribution in [0.1, 0.15) is 25.6 Å². The fourth-order valence-electron chi connectivity index (χ4n) is 2.19. The first-order chi connectivity index (χ1) is 8.58. The summed E-state index contributed by atoms with van der Waals surface area (Å²) in [5.74, 6) is -0.447. The fourth-order valence-corrected chi connectivity index (χ4v) is 2.19. The van der Waals surface area contributed by atoms with Crippen LogP contribution in [-0.2, 0) is 4.74 Å². The quantitative estimate of drug-likeness (QED) is 0.853. The first-order valence-electron chi connectivity index (χ1n) is 6.21. The van der Waals surface area contributed by atoms with Crippen LogP contribution in [0.4, 0.5) is 4.39 Å². The zero-order valence-corrected chi connectivity index (χ0v) is 10.6. The van der Waals surface area contributed by atoms with Crippen molar-refractivity contribution in [1.29, 1.82) is 0 Å². The average molecular weight is 254 g/mol. The van der Waals surface area contributed by atoms with Crippen LogP contribution in [0, 0.1) is 11.7 Å². The Bertz CT molecular complexity index is 385. The molecule has 1 fully saturated rings. The van der Waals surface area contributed by atoms with E-state index in [4.69, 9.17) is 4.74 Å². The van der Waals surface area contributed by atoms with Gasteiger partial charge in [0.2, 0.25) is 0 Å². The van der Waals surface area contributed by atoms with Gasteiger partial charge in [-0.3, -0.25) is 4.98 Å². The molecular weight excluding hydrogens is 235 g/mol. The van der Waals surface area contributed by atoms with Gasteiger partial charge in [0.05, 0.1) is 25.1 Å². The van der Waals surface area contributed by atoms with Crippen molar-refractivity contribution in [3.63, 3.8) is 0 Å². The van der Waals surface area contributed by atoms with Gasteiger partial charge >= 0.3 is 0 Å². The van der Waals surface area contributed by atoms with Crippen molar-refractivity contribution in [2.24, 2.45) is 5.92 Å². The largest absolute Gasteiger partial charge is 0.386 e. The molecule has 2 heterocycles. The molecule has 1 saturated heterocycles. The molecule has 1 aromatic heterocycles. The van der Waals surface area contributed by atoms with E-state index in [0.717, 1.165) is 6.20 Å². The van der Waals surface area contributed by atoms with E-state index in [1.165, 1.54) is 12.1 Å². The van der Waals surface area contributed by atoms with Gasteiger partial charge in [-0.15, -0.1) is 0 Å². The van der Waals surface area contributed by atoms with Gasteiger partial charge in [0, 0.05) is 18.0 Å².